The predicted molar refractivity (Wildman–Crippen MR) is 156 cm³/mol. The fraction of sp³-hybridized carbons (Fsp3) is 0.914. The highest BCUT2D eigenvalue weighted by Crippen LogP contribution is 2.67. The van der Waals surface area contributed by atoms with Crippen molar-refractivity contribution in [3.8, 4) is 0 Å². The van der Waals surface area contributed by atoms with Crippen LogP contribution in [0.3, 0.4) is 0 Å². The van der Waals surface area contributed by atoms with Crippen LogP contribution in [0.2, 0.25) is 0 Å². The second-order valence-electron chi connectivity index (χ2n) is 14.8. The summed E-state index contributed by atoms with van der Waals surface area (Å²) in [6.07, 6.45) is 23.9. The van der Waals surface area contributed by atoms with Crippen molar-refractivity contribution in [2.45, 2.75) is 157 Å². The van der Waals surface area contributed by atoms with Gasteiger partial charge in [-0.05, 0) is 97.7 Å². The van der Waals surface area contributed by atoms with E-state index in [-0.39, 0.29) is 12.1 Å². The number of allylic oxidation sites excluding steroid dienone is 1. The molecular formula is C35H60O2. The summed E-state index contributed by atoms with van der Waals surface area (Å²) < 4.78 is 6.02. The molecule has 0 aliphatic heterocycles. The summed E-state index contributed by atoms with van der Waals surface area (Å²) in [5, 5.41) is 0. The average molecular weight is 514 g/mol. The maximum atomic E-state index is 12.5. The van der Waals surface area contributed by atoms with Crippen molar-refractivity contribution in [3.05, 3.63) is 11.6 Å². The van der Waals surface area contributed by atoms with E-state index in [2.05, 4.69) is 47.6 Å². The van der Waals surface area contributed by atoms with Crippen molar-refractivity contribution in [1.29, 1.82) is 0 Å². The standard InChI is InChI=1S/C35H60O2/c1-7-8-9-10-11-15-33(36)37-28-20-22-34(5)27(24-28)16-17-29-31-19-18-30(26(4)14-12-13-25(2)3)35(31,6)23-21-32(29)34/h16,25-26,28-32H,7-15,17-24H2,1-6H3/t26-,28+,29+,30-,31+,32+,34+,35-/m1/s1/i24+1. The maximum absolute atomic E-state index is 12.5. The van der Waals surface area contributed by atoms with Crippen molar-refractivity contribution in [3.63, 3.8) is 0 Å². The Bertz CT molecular complexity index is 782. The third kappa shape index (κ3) is 6.35. The smallest absolute Gasteiger partial charge is 0.306 e. The molecule has 2 nitrogen and oxygen atoms in total. The van der Waals surface area contributed by atoms with Crippen molar-refractivity contribution in [2.75, 3.05) is 0 Å². The Morgan fingerprint density at radius 2 is 1.73 bits per heavy atom. The summed E-state index contributed by atoms with van der Waals surface area (Å²) in [5.74, 6) is 5.34. The van der Waals surface area contributed by atoms with Gasteiger partial charge < -0.3 is 4.74 Å². The van der Waals surface area contributed by atoms with Crippen LogP contribution in [0.15, 0.2) is 11.6 Å². The van der Waals surface area contributed by atoms with E-state index in [9.17, 15) is 4.79 Å². The number of hydrogen-bond donors (Lipinski definition) is 0. The third-order valence-electron chi connectivity index (χ3n) is 12.0. The summed E-state index contributed by atoms with van der Waals surface area (Å²) in [7, 11) is 0. The van der Waals surface area contributed by atoms with Crippen LogP contribution in [0.5, 0.6) is 0 Å². The monoisotopic (exact) mass is 513 g/mol. The number of carbonyl (C=O) groups excluding carboxylic acids is 1. The molecule has 8 atom stereocenters. The first-order chi connectivity index (χ1) is 17.7. The molecule has 37 heavy (non-hydrogen) atoms. The molecule has 0 bridgehead atoms. The van der Waals surface area contributed by atoms with E-state index in [1.165, 1.54) is 77.0 Å². The highest BCUT2D eigenvalue weighted by atomic mass is 16.5. The van der Waals surface area contributed by atoms with Gasteiger partial charge in [0, 0.05) is 12.8 Å². The Morgan fingerprint density at radius 3 is 2.49 bits per heavy atom. The van der Waals surface area contributed by atoms with Crippen molar-refractivity contribution in [2.24, 2.45) is 46.3 Å². The highest BCUT2D eigenvalue weighted by Gasteiger charge is 2.59. The number of rotatable bonds is 12. The molecule has 0 aromatic heterocycles. The number of hydrogen-bond acceptors (Lipinski definition) is 2. The molecule has 0 spiro atoms. The Hall–Kier alpha value is -0.790. The van der Waals surface area contributed by atoms with Gasteiger partial charge in [-0.1, -0.05) is 98.1 Å². The number of unbranched alkanes of at least 4 members (excludes halogenated alkanes) is 4. The molecule has 0 radical (unpaired) electrons. The molecule has 3 saturated carbocycles. The number of fused-ring (bicyclic) bond motifs is 5. The molecule has 4 rings (SSSR count). The van der Waals surface area contributed by atoms with Crippen molar-refractivity contribution in [1.82, 2.24) is 0 Å². The molecule has 212 valence electrons. The molecule has 4 aliphatic carbocycles. The Morgan fingerprint density at radius 1 is 0.946 bits per heavy atom. The summed E-state index contributed by atoms with van der Waals surface area (Å²) in [4.78, 5) is 12.5. The van der Waals surface area contributed by atoms with Gasteiger partial charge in [-0.2, -0.15) is 0 Å². The van der Waals surface area contributed by atoms with Gasteiger partial charge in [0.1, 0.15) is 6.10 Å². The Labute approximate surface area is 230 Å². The second-order valence-corrected chi connectivity index (χ2v) is 14.8. The van der Waals surface area contributed by atoms with E-state index in [1.54, 1.807) is 5.57 Å². The number of ether oxygens (including phenoxy) is 1. The van der Waals surface area contributed by atoms with E-state index in [0.29, 0.717) is 17.3 Å². The topological polar surface area (TPSA) is 26.3 Å². The summed E-state index contributed by atoms with van der Waals surface area (Å²) in [6.45, 7) is 14.9. The van der Waals surface area contributed by atoms with E-state index in [4.69, 9.17) is 4.74 Å². The minimum Gasteiger partial charge on any atom is -0.462 e. The molecule has 4 aliphatic rings. The molecule has 0 unspecified atom stereocenters. The first-order valence-electron chi connectivity index (χ1n) is 16.6. The molecule has 2 heteroatoms. The van der Waals surface area contributed by atoms with Crippen molar-refractivity contribution < 1.29 is 9.53 Å². The van der Waals surface area contributed by atoms with Crippen molar-refractivity contribution >= 4 is 5.97 Å². The molecule has 0 saturated heterocycles. The fourth-order valence-electron chi connectivity index (χ4n) is 9.87. The lowest BCUT2D eigenvalue weighted by molar-refractivity contribution is -0.151. The molecule has 0 amide bonds. The van der Waals surface area contributed by atoms with Crippen LogP contribution in [-0.4, -0.2) is 12.1 Å². The SMILES string of the molecule is CCCCCCCC(=O)O[C@H]1CC[C@@]2(C)C(=CC[C@H]3[C@@H]4CC[C@H]([C@H](C)CCCC(C)C)[C@@]4(C)CC[C@@H]32)[13CH2]1. The van der Waals surface area contributed by atoms with Crippen LogP contribution in [0.25, 0.3) is 0 Å². The number of carbonyl (C=O) groups is 1. The molecule has 0 N–H and O–H groups in total. The van der Waals surface area contributed by atoms with Gasteiger partial charge in [0.2, 0.25) is 0 Å². The average Bonchev–Trinajstić information content (AvgIpc) is 3.21. The quantitative estimate of drug-likeness (QED) is 0.112. The third-order valence-corrected chi connectivity index (χ3v) is 12.0. The zero-order chi connectivity index (χ0) is 26.6. The van der Waals surface area contributed by atoms with Crippen LogP contribution >= 0.6 is 0 Å². The van der Waals surface area contributed by atoms with Crippen LogP contribution in [-0.2, 0) is 9.53 Å². The fourth-order valence-corrected chi connectivity index (χ4v) is 9.87. The Balaban J connectivity index is 1.34. The maximum Gasteiger partial charge on any atom is 0.306 e. The summed E-state index contributed by atoms with van der Waals surface area (Å²) >= 11 is 0. The molecule has 0 aromatic rings. The second kappa shape index (κ2) is 12.6. The highest BCUT2D eigenvalue weighted by molar-refractivity contribution is 5.69. The largest absolute Gasteiger partial charge is 0.462 e. The first kappa shape index (κ1) is 29.2. The predicted octanol–water partition coefficient (Wildman–Crippen LogP) is 10.3. The molecular weight excluding hydrogens is 453 g/mol. The zero-order valence-electron chi connectivity index (χ0n) is 25.5. The normalized spacial score (nSPS) is 37.9. The minimum atomic E-state index is 0.0485. The lowest BCUT2D eigenvalue weighted by Gasteiger charge is -2.58. The van der Waals surface area contributed by atoms with Crippen LogP contribution in [0.1, 0.15) is 151 Å². The number of esters is 1. The van der Waals surface area contributed by atoms with Gasteiger partial charge in [-0.3, -0.25) is 4.79 Å². The van der Waals surface area contributed by atoms with Crippen LogP contribution < -0.4 is 0 Å². The first-order valence-corrected chi connectivity index (χ1v) is 16.6. The van der Waals surface area contributed by atoms with Gasteiger partial charge in [0.25, 0.3) is 0 Å². The van der Waals surface area contributed by atoms with E-state index in [1.807, 2.05) is 0 Å². The van der Waals surface area contributed by atoms with Gasteiger partial charge >= 0.3 is 5.97 Å². The van der Waals surface area contributed by atoms with E-state index < -0.39 is 0 Å². The van der Waals surface area contributed by atoms with Crippen LogP contribution in [0, 0.1) is 46.3 Å². The van der Waals surface area contributed by atoms with Gasteiger partial charge in [0.05, 0.1) is 0 Å². The molecule has 3 fully saturated rings. The lowest BCUT2D eigenvalue weighted by atomic mass is 9.48. The van der Waals surface area contributed by atoms with Gasteiger partial charge in [-0.15, -0.1) is 0 Å². The van der Waals surface area contributed by atoms with Crippen LogP contribution in [0.4, 0.5) is 0 Å². The van der Waals surface area contributed by atoms with Gasteiger partial charge in [-0.25, -0.2) is 0 Å². The Kier molecular flexibility index (Phi) is 9.94. The van der Waals surface area contributed by atoms with E-state index >= 15 is 0 Å². The zero-order valence-corrected chi connectivity index (χ0v) is 25.5. The molecule has 0 aromatic carbocycles. The van der Waals surface area contributed by atoms with Gasteiger partial charge in [0.15, 0.2) is 0 Å². The summed E-state index contributed by atoms with van der Waals surface area (Å²) in [5.41, 5.74) is 2.54. The lowest BCUT2D eigenvalue weighted by Crippen LogP contribution is -2.51. The minimum absolute atomic E-state index is 0.0485. The van der Waals surface area contributed by atoms with E-state index in [0.717, 1.165) is 61.2 Å². The molecule has 0 heterocycles. The summed E-state index contributed by atoms with van der Waals surface area (Å²) in [6, 6.07) is 0.